The van der Waals surface area contributed by atoms with Crippen molar-refractivity contribution in [2.45, 2.75) is 6.92 Å². The van der Waals surface area contributed by atoms with Crippen molar-refractivity contribution < 1.29 is 4.79 Å². The smallest absolute Gasteiger partial charge is 0.313 e. The van der Waals surface area contributed by atoms with Crippen molar-refractivity contribution in [2.75, 3.05) is 0 Å². The highest BCUT2D eigenvalue weighted by Gasteiger charge is 2.13. The van der Waals surface area contributed by atoms with Crippen molar-refractivity contribution in [1.29, 1.82) is 0 Å². The first kappa shape index (κ1) is 12.3. The number of H-pyrrole nitrogens is 1. The number of para-hydroxylation sites is 1. The zero-order valence-corrected chi connectivity index (χ0v) is 10.2. The largest absolute Gasteiger partial charge is 0.333 e. The average molecular weight is 265 g/mol. The van der Waals surface area contributed by atoms with Crippen LogP contribution in [0.4, 0.5) is 0 Å². The molecular formula is C12H9ClN2O3. The van der Waals surface area contributed by atoms with Crippen LogP contribution in [0.25, 0.3) is 5.69 Å². The highest BCUT2D eigenvalue weighted by atomic mass is 35.5. The van der Waals surface area contributed by atoms with Gasteiger partial charge in [0.2, 0.25) is 0 Å². The summed E-state index contributed by atoms with van der Waals surface area (Å²) in [6.07, 6.45) is 1.11. The Morgan fingerprint density at radius 1 is 1.28 bits per heavy atom. The lowest BCUT2D eigenvalue weighted by Gasteiger charge is -2.07. The first-order valence-corrected chi connectivity index (χ1v) is 5.50. The van der Waals surface area contributed by atoms with Crippen molar-refractivity contribution in [2.24, 2.45) is 0 Å². The number of carbonyl (C=O) groups is 1. The molecule has 0 saturated carbocycles. The van der Waals surface area contributed by atoms with Crippen LogP contribution in [0.15, 0.2) is 40.1 Å². The van der Waals surface area contributed by atoms with Crippen molar-refractivity contribution in [3.8, 4) is 5.69 Å². The Bertz CT molecular complexity index is 731. The van der Waals surface area contributed by atoms with E-state index >= 15 is 0 Å². The molecule has 1 aromatic heterocycles. The van der Waals surface area contributed by atoms with E-state index in [2.05, 4.69) is 4.98 Å². The summed E-state index contributed by atoms with van der Waals surface area (Å²) in [5, 5.41) is 0.255. The van der Waals surface area contributed by atoms with Crippen LogP contribution in [-0.4, -0.2) is 15.3 Å². The quantitative estimate of drug-likeness (QED) is 0.833. The van der Waals surface area contributed by atoms with Gasteiger partial charge in [-0.25, -0.2) is 9.36 Å². The summed E-state index contributed by atoms with van der Waals surface area (Å²) in [5.74, 6) is -0.419. The molecule has 0 aliphatic carbocycles. The van der Waals surface area contributed by atoms with E-state index in [-0.39, 0.29) is 16.3 Å². The Labute approximate surface area is 107 Å². The van der Waals surface area contributed by atoms with Gasteiger partial charge in [0.05, 0.1) is 16.3 Å². The fraction of sp³-hybridized carbons (Fsp3) is 0.0833. The number of hydrogen-bond acceptors (Lipinski definition) is 3. The van der Waals surface area contributed by atoms with Crippen LogP contribution in [0.5, 0.6) is 0 Å². The molecule has 0 unspecified atom stereocenters. The van der Waals surface area contributed by atoms with E-state index in [1.54, 1.807) is 18.2 Å². The third-order valence-corrected chi connectivity index (χ3v) is 2.77. The maximum Gasteiger partial charge on any atom is 0.333 e. The number of nitrogens with zero attached hydrogens (tertiary/aromatic N) is 1. The number of aromatic amines is 1. The number of hydrogen-bond donors (Lipinski definition) is 1. The predicted octanol–water partition coefficient (Wildman–Crippen LogP) is 1.38. The van der Waals surface area contributed by atoms with Crippen LogP contribution >= 0.6 is 11.6 Å². The van der Waals surface area contributed by atoms with Crippen LogP contribution in [0, 0.1) is 0 Å². The summed E-state index contributed by atoms with van der Waals surface area (Å²) in [6.45, 7) is 1.26. The van der Waals surface area contributed by atoms with Gasteiger partial charge in [-0.1, -0.05) is 23.7 Å². The highest BCUT2D eigenvalue weighted by Crippen LogP contribution is 2.16. The predicted molar refractivity (Wildman–Crippen MR) is 67.7 cm³/mol. The van der Waals surface area contributed by atoms with Crippen molar-refractivity contribution in [3.05, 3.63) is 61.9 Å². The van der Waals surface area contributed by atoms with Crippen molar-refractivity contribution >= 4 is 17.4 Å². The van der Waals surface area contributed by atoms with Crippen LogP contribution in [0.2, 0.25) is 5.02 Å². The molecule has 18 heavy (non-hydrogen) atoms. The van der Waals surface area contributed by atoms with Crippen LogP contribution in [0.3, 0.4) is 0 Å². The Morgan fingerprint density at radius 2 is 1.94 bits per heavy atom. The normalized spacial score (nSPS) is 10.3. The summed E-state index contributed by atoms with van der Waals surface area (Å²) in [7, 11) is 0. The molecular weight excluding hydrogens is 256 g/mol. The number of nitrogens with one attached hydrogen (secondary N) is 1. The van der Waals surface area contributed by atoms with E-state index in [9.17, 15) is 14.4 Å². The summed E-state index contributed by atoms with van der Waals surface area (Å²) in [4.78, 5) is 37.4. The molecule has 0 radical (unpaired) electrons. The Balaban J connectivity index is 2.84. The second-order valence-electron chi connectivity index (χ2n) is 3.66. The van der Waals surface area contributed by atoms with E-state index in [1.165, 1.54) is 13.0 Å². The van der Waals surface area contributed by atoms with Gasteiger partial charge in [-0.3, -0.25) is 9.59 Å². The lowest BCUT2D eigenvalue weighted by molar-refractivity contribution is 0.101. The molecule has 0 aliphatic rings. The third-order valence-electron chi connectivity index (χ3n) is 2.45. The number of Topliss-reactive ketones (excluding diaryl/α,β-unsaturated/α-hetero) is 1. The first-order chi connectivity index (χ1) is 8.52. The monoisotopic (exact) mass is 264 g/mol. The molecule has 0 fully saturated rings. The molecule has 0 amide bonds. The average Bonchev–Trinajstić information content (AvgIpc) is 2.31. The number of benzene rings is 1. The van der Waals surface area contributed by atoms with Gasteiger partial charge in [0.15, 0.2) is 5.78 Å². The van der Waals surface area contributed by atoms with E-state index in [0.29, 0.717) is 0 Å². The molecule has 5 nitrogen and oxygen atoms in total. The molecule has 2 rings (SSSR count). The first-order valence-electron chi connectivity index (χ1n) is 5.13. The summed E-state index contributed by atoms with van der Waals surface area (Å²) >= 11 is 5.94. The molecule has 1 aromatic carbocycles. The Kier molecular flexibility index (Phi) is 3.16. The van der Waals surface area contributed by atoms with Crippen molar-refractivity contribution in [1.82, 2.24) is 9.55 Å². The maximum atomic E-state index is 12.0. The molecule has 0 aliphatic heterocycles. The van der Waals surface area contributed by atoms with Gasteiger partial charge in [-0.15, -0.1) is 0 Å². The van der Waals surface area contributed by atoms with E-state index < -0.39 is 17.0 Å². The zero-order chi connectivity index (χ0) is 13.3. The zero-order valence-electron chi connectivity index (χ0n) is 9.44. The number of ketones is 1. The molecule has 92 valence electrons. The van der Waals surface area contributed by atoms with Gasteiger partial charge in [-0.2, -0.15) is 0 Å². The molecule has 0 bridgehead atoms. The van der Waals surface area contributed by atoms with Gasteiger partial charge >= 0.3 is 5.69 Å². The van der Waals surface area contributed by atoms with Gasteiger partial charge < -0.3 is 4.98 Å². The maximum absolute atomic E-state index is 12.0. The number of carbonyl (C=O) groups excluding carboxylic acids is 1. The minimum absolute atomic E-state index is 0.0884. The minimum atomic E-state index is -0.681. The molecule has 0 saturated heterocycles. The fourth-order valence-corrected chi connectivity index (χ4v) is 1.80. The molecule has 0 spiro atoms. The standard InChI is InChI=1S/C12H9ClN2O3/c1-7(16)8-6-14-12(18)15(11(8)17)10-5-3-2-4-9(10)13/h2-6H,1H3,(H,14,18). The lowest BCUT2D eigenvalue weighted by atomic mass is 10.2. The molecule has 0 atom stereocenters. The molecule has 6 heteroatoms. The van der Waals surface area contributed by atoms with Crippen LogP contribution in [-0.2, 0) is 0 Å². The van der Waals surface area contributed by atoms with Gasteiger partial charge in [0, 0.05) is 6.20 Å². The Morgan fingerprint density at radius 3 is 2.56 bits per heavy atom. The summed E-state index contributed by atoms with van der Waals surface area (Å²) < 4.78 is 0.846. The Hall–Kier alpha value is -2.14. The SMILES string of the molecule is CC(=O)c1c[nH]c(=O)n(-c2ccccc2Cl)c1=O. The third kappa shape index (κ3) is 2.00. The number of rotatable bonds is 2. The fourth-order valence-electron chi connectivity index (χ4n) is 1.58. The number of aromatic nitrogens is 2. The molecule has 1 N–H and O–H groups in total. The summed E-state index contributed by atoms with van der Waals surface area (Å²) in [6, 6.07) is 6.42. The molecule has 2 aromatic rings. The van der Waals surface area contributed by atoms with Crippen molar-refractivity contribution in [3.63, 3.8) is 0 Å². The van der Waals surface area contributed by atoms with Gasteiger partial charge in [0.25, 0.3) is 5.56 Å². The second-order valence-corrected chi connectivity index (χ2v) is 4.06. The minimum Gasteiger partial charge on any atom is -0.313 e. The summed E-state index contributed by atoms with van der Waals surface area (Å²) in [5.41, 5.74) is -1.17. The van der Waals surface area contributed by atoms with Gasteiger partial charge in [0.1, 0.15) is 0 Å². The molecule has 1 heterocycles. The van der Waals surface area contributed by atoms with Gasteiger partial charge in [-0.05, 0) is 19.1 Å². The van der Waals surface area contributed by atoms with E-state index in [0.717, 1.165) is 10.8 Å². The second kappa shape index (κ2) is 4.62. The lowest BCUT2D eigenvalue weighted by Crippen LogP contribution is -2.36. The van der Waals surface area contributed by atoms with E-state index in [1.807, 2.05) is 0 Å². The topological polar surface area (TPSA) is 71.9 Å². The van der Waals surface area contributed by atoms with E-state index in [4.69, 9.17) is 11.6 Å². The number of halogens is 1. The highest BCUT2D eigenvalue weighted by molar-refractivity contribution is 6.32. The van der Waals surface area contributed by atoms with Crippen LogP contribution in [0.1, 0.15) is 17.3 Å². The van der Waals surface area contributed by atoms with Crippen LogP contribution < -0.4 is 11.2 Å².